The summed E-state index contributed by atoms with van der Waals surface area (Å²) in [6.45, 7) is 0.564. The minimum Gasteiger partial charge on any atom is -0.396 e. The summed E-state index contributed by atoms with van der Waals surface area (Å²) in [4.78, 5) is 28.0. The van der Waals surface area contributed by atoms with Crippen molar-refractivity contribution in [1.82, 2.24) is 24.7 Å². The lowest BCUT2D eigenvalue weighted by Gasteiger charge is -2.31. The first-order chi connectivity index (χ1) is 19.4. The Labute approximate surface area is 229 Å². The number of amides is 1. The van der Waals surface area contributed by atoms with E-state index in [2.05, 4.69) is 25.4 Å². The third kappa shape index (κ3) is 4.98. The molecule has 5 N–H and O–H groups in total. The van der Waals surface area contributed by atoms with Gasteiger partial charge in [-0.1, -0.05) is 18.2 Å². The first-order valence-electron chi connectivity index (χ1n) is 13.2. The van der Waals surface area contributed by atoms with Crippen LogP contribution in [0.4, 0.5) is 27.7 Å². The molecule has 2 aliphatic rings. The summed E-state index contributed by atoms with van der Waals surface area (Å²) in [6, 6.07) is 8.63. The average molecular weight is 545 g/mol. The normalized spacial score (nSPS) is 14.9. The van der Waals surface area contributed by atoms with E-state index >= 15 is 4.39 Å². The molecule has 12 heteroatoms. The maximum absolute atomic E-state index is 15.2. The number of carbonyl (C=O) groups is 1. The molecule has 1 saturated carbocycles. The highest BCUT2D eigenvalue weighted by molar-refractivity contribution is 6.09. The number of anilines is 4. The number of halogens is 1. The van der Waals surface area contributed by atoms with E-state index in [0.717, 1.165) is 24.0 Å². The molecular weight excluding hydrogens is 515 g/mol. The summed E-state index contributed by atoms with van der Waals surface area (Å²) >= 11 is 0. The molecule has 6 rings (SSSR count). The van der Waals surface area contributed by atoms with Crippen molar-refractivity contribution in [3.63, 3.8) is 0 Å². The molecule has 0 bridgehead atoms. The topological polar surface area (TPSA) is 155 Å². The number of carbonyl (C=O) groups excluding carboxylic acids is 1. The predicted molar refractivity (Wildman–Crippen MR) is 147 cm³/mol. The summed E-state index contributed by atoms with van der Waals surface area (Å²) in [7, 11) is 0. The number of hydrogen-bond acceptors (Lipinski definition) is 9. The van der Waals surface area contributed by atoms with Gasteiger partial charge in [-0.05, 0) is 54.9 Å². The van der Waals surface area contributed by atoms with Crippen molar-refractivity contribution in [2.24, 2.45) is 0 Å². The monoisotopic (exact) mass is 544 g/mol. The number of aliphatic hydroxyl groups excluding tert-OH is 2. The zero-order valence-corrected chi connectivity index (χ0v) is 21.7. The third-order valence-electron chi connectivity index (χ3n) is 7.24. The van der Waals surface area contributed by atoms with Gasteiger partial charge in [-0.3, -0.25) is 9.48 Å². The van der Waals surface area contributed by atoms with Crippen molar-refractivity contribution in [2.45, 2.75) is 44.8 Å². The van der Waals surface area contributed by atoms with Gasteiger partial charge in [-0.15, -0.1) is 0 Å². The van der Waals surface area contributed by atoms with Gasteiger partial charge in [0.1, 0.15) is 5.82 Å². The molecule has 1 aliphatic heterocycles. The molecule has 1 amide bonds. The van der Waals surface area contributed by atoms with Crippen molar-refractivity contribution in [3.8, 4) is 11.4 Å². The second kappa shape index (κ2) is 10.6. The lowest BCUT2D eigenvalue weighted by atomic mass is 9.93. The molecule has 0 unspecified atom stereocenters. The Kier molecular flexibility index (Phi) is 6.86. The van der Waals surface area contributed by atoms with Crippen LogP contribution in [0.3, 0.4) is 0 Å². The molecular formula is C28H29FN8O3. The fourth-order valence-corrected chi connectivity index (χ4v) is 5.16. The van der Waals surface area contributed by atoms with Gasteiger partial charge in [-0.2, -0.15) is 20.1 Å². The Morgan fingerprint density at radius 1 is 1.15 bits per heavy atom. The fraction of sp³-hybridized carbons (Fsp3) is 0.321. The number of nitrogens with one attached hydrogen (secondary N) is 1. The highest BCUT2D eigenvalue weighted by Crippen LogP contribution is 2.42. The number of nitrogens with two attached hydrogens (primary N) is 1. The van der Waals surface area contributed by atoms with E-state index in [1.165, 1.54) is 11.0 Å². The van der Waals surface area contributed by atoms with Gasteiger partial charge in [0.05, 0.1) is 29.7 Å². The third-order valence-corrected chi connectivity index (χ3v) is 7.24. The quantitative estimate of drug-likeness (QED) is 0.249. The van der Waals surface area contributed by atoms with Crippen LogP contribution in [0, 0.1) is 5.82 Å². The summed E-state index contributed by atoms with van der Waals surface area (Å²) in [5, 5.41) is 26.7. The van der Waals surface area contributed by atoms with Crippen LogP contribution in [0.5, 0.6) is 0 Å². The Morgan fingerprint density at radius 3 is 2.77 bits per heavy atom. The largest absolute Gasteiger partial charge is 0.396 e. The zero-order valence-electron chi connectivity index (χ0n) is 21.7. The highest BCUT2D eigenvalue weighted by Gasteiger charge is 2.33. The van der Waals surface area contributed by atoms with Crippen LogP contribution in [-0.4, -0.2) is 54.0 Å². The first kappa shape index (κ1) is 25.8. The maximum Gasteiger partial charge on any atom is 0.261 e. The van der Waals surface area contributed by atoms with E-state index in [4.69, 9.17) is 10.8 Å². The molecule has 0 saturated heterocycles. The van der Waals surface area contributed by atoms with Gasteiger partial charge in [0.2, 0.25) is 11.9 Å². The lowest BCUT2D eigenvalue weighted by molar-refractivity contribution is 0.0976. The van der Waals surface area contributed by atoms with Crippen molar-refractivity contribution in [1.29, 1.82) is 0 Å². The number of aryl methyl sites for hydroxylation is 1. The molecule has 2 aromatic heterocycles. The van der Waals surface area contributed by atoms with Crippen LogP contribution in [0.2, 0.25) is 0 Å². The molecule has 4 aromatic rings. The Bertz CT molecular complexity index is 1590. The smallest absolute Gasteiger partial charge is 0.261 e. The molecule has 3 heterocycles. The Balaban J connectivity index is 1.31. The second-order valence-corrected chi connectivity index (χ2v) is 10.0. The number of aliphatic hydroxyl groups is 2. The predicted octanol–water partition coefficient (Wildman–Crippen LogP) is 3.16. The van der Waals surface area contributed by atoms with Crippen LogP contribution in [0.15, 0.2) is 42.7 Å². The molecule has 40 heavy (non-hydrogen) atoms. The first-order valence-corrected chi connectivity index (χ1v) is 13.2. The van der Waals surface area contributed by atoms with Crippen LogP contribution in [-0.2, 0) is 19.6 Å². The number of benzene rings is 2. The van der Waals surface area contributed by atoms with Gasteiger partial charge in [0.25, 0.3) is 5.91 Å². The fourth-order valence-electron chi connectivity index (χ4n) is 5.16. The molecule has 206 valence electrons. The van der Waals surface area contributed by atoms with E-state index in [-0.39, 0.29) is 29.9 Å². The molecule has 1 aliphatic carbocycles. The standard InChI is InChI=1S/C28H29FN8O3/c29-22-12-18(16-5-6-16)11-17-7-9-37(26(40)24(17)22)23-4-1-3-20(21(23)15-39)25-33-27(30)35-28(34-25)32-19-13-31-36(14-19)8-2-10-38/h1,3-4,11-14,16,38-39H,2,5-10,15H2,(H3,30,32,33,34,35). The van der Waals surface area contributed by atoms with Gasteiger partial charge in [0, 0.05) is 37.0 Å². The minimum atomic E-state index is -0.503. The van der Waals surface area contributed by atoms with Gasteiger partial charge < -0.3 is 26.2 Å². The molecule has 0 atom stereocenters. The maximum atomic E-state index is 15.2. The summed E-state index contributed by atoms with van der Waals surface area (Å²) < 4.78 is 16.8. The van der Waals surface area contributed by atoms with E-state index in [1.807, 2.05) is 6.07 Å². The summed E-state index contributed by atoms with van der Waals surface area (Å²) in [5.41, 5.74) is 9.75. The second-order valence-electron chi connectivity index (χ2n) is 10.0. The molecule has 0 spiro atoms. The van der Waals surface area contributed by atoms with Crippen LogP contribution in [0.25, 0.3) is 11.4 Å². The van der Waals surface area contributed by atoms with Crippen molar-refractivity contribution in [3.05, 3.63) is 70.8 Å². The number of rotatable bonds is 9. The van der Waals surface area contributed by atoms with Crippen LogP contribution in [0.1, 0.15) is 52.2 Å². The van der Waals surface area contributed by atoms with Crippen LogP contribution >= 0.6 is 0 Å². The lowest BCUT2D eigenvalue weighted by Crippen LogP contribution is -2.39. The van der Waals surface area contributed by atoms with Gasteiger partial charge in [-0.25, -0.2) is 4.39 Å². The number of nitrogens with zero attached hydrogens (tertiary/aromatic N) is 6. The Morgan fingerprint density at radius 2 is 2.00 bits per heavy atom. The highest BCUT2D eigenvalue weighted by atomic mass is 19.1. The van der Waals surface area contributed by atoms with Crippen molar-refractivity contribution >= 4 is 29.2 Å². The van der Waals surface area contributed by atoms with E-state index in [1.54, 1.807) is 35.3 Å². The molecule has 1 fully saturated rings. The molecule has 11 nitrogen and oxygen atoms in total. The summed E-state index contributed by atoms with van der Waals surface area (Å²) in [6.07, 6.45) is 6.54. The SMILES string of the molecule is Nc1nc(Nc2cnn(CCCO)c2)nc(-c2cccc(N3CCc4cc(C5CC5)cc(F)c4C3=O)c2CO)n1. The average Bonchev–Trinajstić information content (AvgIpc) is 3.71. The number of aromatic nitrogens is 5. The van der Waals surface area contributed by atoms with Crippen molar-refractivity contribution in [2.75, 3.05) is 29.1 Å². The number of hydrogen-bond donors (Lipinski definition) is 4. The zero-order chi connectivity index (χ0) is 27.8. The van der Waals surface area contributed by atoms with E-state index in [0.29, 0.717) is 54.4 Å². The van der Waals surface area contributed by atoms with E-state index in [9.17, 15) is 9.90 Å². The number of nitrogen functional groups attached to an aromatic ring is 1. The van der Waals surface area contributed by atoms with Gasteiger partial charge in [0.15, 0.2) is 5.82 Å². The number of fused-ring (bicyclic) bond motifs is 1. The minimum absolute atomic E-state index is 0.0361. The molecule has 2 aromatic carbocycles. The molecule has 0 radical (unpaired) electrons. The van der Waals surface area contributed by atoms with Gasteiger partial charge >= 0.3 is 0 Å². The van der Waals surface area contributed by atoms with E-state index < -0.39 is 18.3 Å². The van der Waals surface area contributed by atoms with Crippen LogP contribution < -0.4 is 16.0 Å². The Hall–Kier alpha value is -4.42. The van der Waals surface area contributed by atoms with Crippen molar-refractivity contribution < 1.29 is 19.4 Å². The summed E-state index contributed by atoms with van der Waals surface area (Å²) in [5.74, 6) is -0.208.